The summed E-state index contributed by atoms with van der Waals surface area (Å²) in [6.07, 6.45) is 38.0. The normalized spacial score (nSPS) is 12.6. The Balaban J connectivity index is 1.10. The number of rotatable bonds is 42. The minimum absolute atomic E-state index is 0.418. The molecular weight excluding hydrogens is 1320 g/mol. The van der Waals surface area contributed by atoms with Gasteiger partial charge in [0.25, 0.3) is 0 Å². The van der Waals surface area contributed by atoms with E-state index in [0.717, 1.165) is 247 Å². The van der Waals surface area contributed by atoms with Gasteiger partial charge in [0.1, 0.15) is 45.0 Å². The highest BCUT2D eigenvalue weighted by atomic mass is 32.1. The standard InChI is InChI=1S/C84H108N6O2S6/c1-11-21-29-31-35-57-41-43-67(93-57)69-45-47-71(95-69)77-79-75(87-63(37-25-15-5)65(89-79)39-27-17-7)61(51-85-77)73-49-59-81(91-53-55(19-9)33-23-13-3)84-60(82(83(59)97-73)92-54-56(20-10)34-24-14-4)50-74(98-84)62-52-86-78(80-76(62)88-64(38-26-16-6)66(90-80)40-28-18-8)72-48-46-70(96-72)68-44-42-58(94-68)36-32-30-22-12-2/h41-52,55-56H,11-40,53-54H2,1-10H3. The molecule has 0 N–H and O–H groups in total. The molecule has 10 aromatic heterocycles. The SMILES string of the molecule is CCCCCCc1ccc(-c2ccc(-c3ncc(-c4cc5c(OCC(CC)CCCC)c6sc(-c7cnc(-c8ccc(-c9ccc(CCCCCC)s9)s8)c8nc(CCCC)c(CCCC)nc78)cc6c(OCC(CC)CCCC)c5s4)c4nc(CCCC)c(CCCC)nc34)s2)s1. The molecule has 11 rings (SSSR count). The fourth-order valence-corrected chi connectivity index (χ4v) is 20.2. The van der Waals surface area contributed by atoms with Crippen LogP contribution in [0.2, 0.25) is 0 Å². The number of aryl methyl sites for hydroxylation is 6. The Kier molecular flexibility index (Phi) is 27.8. The van der Waals surface area contributed by atoms with Crippen LogP contribution in [-0.2, 0) is 38.5 Å². The number of pyridine rings is 2. The number of thiophene rings is 6. The van der Waals surface area contributed by atoms with Crippen molar-refractivity contribution >= 4 is 110 Å². The predicted octanol–water partition coefficient (Wildman–Crippen LogP) is 27.8. The molecule has 0 fully saturated rings. The van der Waals surface area contributed by atoms with Gasteiger partial charge in [-0.3, -0.25) is 9.97 Å². The maximum absolute atomic E-state index is 7.52. The van der Waals surface area contributed by atoms with Gasteiger partial charge in [0.2, 0.25) is 0 Å². The zero-order valence-electron chi connectivity index (χ0n) is 60.7. The highest BCUT2D eigenvalue weighted by molar-refractivity contribution is 7.25. The topological polar surface area (TPSA) is 95.8 Å². The van der Waals surface area contributed by atoms with E-state index in [-0.39, 0.29) is 0 Å². The molecule has 0 saturated carbocycles. The van der Waals surface area contributed by atoms with Crippen LogP contribution in [0.3, 0.4) is 0 Å². The van der Waals surface area contributed by atoms with Crippen molar-refractivity contribution < 1.29 is 9.47 Å². The molecule has 14 heteroatoms. The molecule has 0 amide bonds. The van der Waals surface area contributed by atoms with Crippen molar-refractivity contribution in [2.45, 2.75) is 262 Å². The summed E-state index contributed by atoms with van der Waals surface area (Å²) in [4.78, 5) is 46.7. The second-order valence-corrected chi connectivity index (χ2v) is 34.0. The van der Waals surface area contributed by atoms with Gasteiger partial charge in [0.05, 0.1) is 55.1 Å². The van der Waals surface area contributed by atoms with Crippen LogP contribution in [0.15, 0.2) is 73.1 Å². The van der Waals surface area contributed by atoms with Crippen LogP contribution in [0, 0.1) is 11.8 Å². The van der Waals surface area contributed by atoms with Crippen LogP contribution >= 0.6 is 68.0 Å². The van der Waals surface area contributed by atoms with Crippen molar-refractivity contribution in [3.8, 4) is 73.0 Å². The summed E-state index contributed by atoms with van der Waals surface area (Å²) in [7, 11) is 0. The Morgan fingerprint density at radius 1 is 0.327 bits per heavy atom. The van der Waals surface area contributed by atoms with Gasteiger partial charge < -0.3 is 9.47 Å². The summed E-state index contributed by atoms with van der Waals surface area (Å²) in [6.45, 7) is 24.2. The third kappa shape index (κ3) is 17.7. The molecule has 8 nitrogen and oxygen atoms in total. The second kappa shape index (κ2) is 36.9. The number of aromatic nitrogens is 6. The van der Waals surface area contributed by atoms with Crippen LogP contribution in [0.5, 0.6) is 11.5 Å². The first kappa shape index (κ1) is 73.7. The van der Waals surface area contributed by atoms with Crippen LogP contribution < -0.4 is 9.47 Å². The molecule has 0 saturated heterocycles. The summed E-state index contributed by atoms with van der Waals surface area (Å²) >= 11 is 11.2. The van der Waals surface area contributed by atoms with E-state index in [2.05, 4.69) is 142 Å². The first-order chi connectivity index (χ1) is 48.2. The number of nitrogens with zero attached hydrogens (tertiary/aromatic N) is 6. The first-order valence-electron chi connectivity index (χ1n) is 38.2. The van der Waals surface area contributed by atoms with Gasteiger partial charge in [-0.05, 0) is 162 Å². The predicted molar refractivity (Wildman–Crippen MR) is 431 cm³/mol. The lowest BCUT2D eigenvalue weighted by Crippen LogP contribution is -2.12. The molecule has 10 heterocycles. The average Bonchev–Trinajstić information content (AvgIpc) is 1.43. The Morgan fingerprint density at radius 2 is 0.673 bits per heavy atom. The molecule has 2 unspecified atom stereocenters. The lowest BCUT2D eigenvalue weighted by atomic mass is 10.0. The van der Waals surface area contributed by atoms with Crippen LogP contribution in [0.25, 0.3) is 104 Å². The lowest BCUT2D eigenvalue weighted by molar-refractivity contribution is 0.235. The van der Waals surface area contributed by atoms with Gasteiger partial charge >= 0.3 is 0 Å². The summed E-state index contributed by atoms with van der Waals surface area (Å²) in [5, 5.41) is 2.16. The molecule has 0 aliphatic rings. The van der Waals surface area contributed by atoms with E-state index in [1.165, 1.54) is 93.5 Å². The number of hydrogen-bond acceptors (Lipinski definition) is 14. The highest BCUT2D eigenvalue weighted by Gasteiger charge is 2.29. The van der Waals surface area contributed by atoms with Crippen molar-refractivity contribution in [3.05, 3.63) is 106 Å². The van der Waals surface area contributed by atoms with Gasteiger partial charge in [-0.25, -0.2) is 19.9 Å². The quantitative estimate of drug-likeness (QED) is 0.0349. The maximum atomic E-state index is 7.52. The molecule has 0 bridgehead atoms. The fraction of sp³-hybridized carbons (Fsp3) is 0.524. The van der Waals surface area contributed by atoms with Crippen LogP contribution in [0.1, 0.15) is 256 Å². The van der Waals surface area contributed by atoms with Crippen molar-refractivity contribution in [2.75, 3.05) is 13.2 Å². The largest absolute Gasteiger partial charge is 0.491 e. The zero-order chi connectivity index (χ0) is 68.3. The lowest BCUT2D eigenvalue weighted by Gasteiger charge is -2.19. The Labute approximate surface area is 610 Å². The third-order valence-corrected chi connectivity index (χ3v) is 26.9. The summed E-state index contributed by atoms with van der Waals surface area (Å²) < 4.78 is 17.2. The molecular formula is C84H108N6O2S6. The van der Waals surface area contributed by atoms with Gasteiger partial charge in [0.15, 0.2) is 0 Å². The molecule has 1 aromatic carbocycles. The first-order valence-corrected chi connectivity index (χ1v) is 43.1. The van der Waals surface area contributed by atoms with Gasteiger partial charge in [-0.2, -0.15) is 0 Å². The van der Waals surface area contributed by atoms with E-state index in [0.29, 0.717) is 25.0 Å². The van der Waals surface area contributed by atoms with E-state index in [9.17, 15) is 0 Å². The number of fused-ring (bicyclic) bond motifs is 4. The summed E-state index contributed by atoms with van der Waals surface area (Å²) in [6, 6.07) is 23.3. The second-order valence-electron chi connectivity index (χ2n) is 27.4. The highest BCUT2D eigenvalue weighted by Crippen LogP contribution is 2.55. The molecule has 0 spiro atoms. The Morgan fingerprint density at radius 3 is 1.04 bits per heavy atom. The number of ether oxygens (including phenoxy) is 2. The Hall–Kier alpha value is -5.48. The molecule has 2 atom stereocenters. The van der Waals surface area contributed by atoms with Crippen molar-refractivity contribution in [1.29, 1.82) is 0 Å². The van der Waals surface area contributed by atoms with E-state index in [1.807, 2.05) is 45.3 Å². The van der Waals surface area contributed by atoms with Crippen molar-refractivity contribution in [2.24, 2.45) is 11.8 Å². The smallest absolute Gasteiger partial charge is 0.146 e. The van der Waals surface area contributed by atoms with E-state index >= 15 is 0 Å². The fourth-order valence-electron chi connectivity index (χ4n) is 13.5. The van der Waals surface area contributed by atoms with Gasteiger partial charge in [-0.15, -0.1) is 68.0 Å². The molecule has 0 aliphatic heterocycles. The van der Waals surface area contributed by atoms with Crippen LogP contribution in [0.4, 0.5) is 0 Å². The summed E-state index contributed by atoms with van der Waals surface area (Å²) in [5.41, 5.74) is 11.9. The monoisotopic (exact) mass is 1420 g/mol. The van der Waals surface area contributed by atoms with E-state index < -0.39 is 0 Å². The minimum atomic E-state index is 0.418. The van der Waals surface area contributed by atoms with Crippen LogP contribution in [-0.4, -0.2) is 43.1 Å². The van der Waals surface area contributed by atoms with Crippen molar-refractivity contribution in [1.82, 2.24) is 29.9 Å². The van der Waals surface area contributed by atoms with Crippen molar-refractivity contribution in [3.63, 3.8) is 0 Å². The Bertz CT molecular complexity index is 4010. The molecule has 0 aliphatic carbocycles. The molecule has 0 radical (unpaired) electrons. The third-order valence-electron chi connectivity index (χ3n) is 19.7. The molecule has 522 valence electrons. The number of hydrogen-bond donors (Lipinski definition) is 0. The van der Waals surface area contributed by atoms with Gasteiger partial charge in [-0.1, -0.05) is 172 Å². The number of unbranched alkanes of at least 4 members (excludes halogenated alkanes) is 12. The average molecular weight is 1430 g/mol. The maximum Gasteiger partial charge on any atom is 0.146 e. The summed E-state index contributed by atoms with van der Waals surface area (Å²) in [5.74, 6) is 2.69. The van der Waals surface area contributed by atoms with E-state index in [4.69, 9.17) is 39.4 Å². The minimum Gasteiger partial charge on any atom is -0.491 e. The molecule has 98 heavy (non-hydrogen) atoms. The van der Waals surface area contributed by atoms with Gasteiger partial charge in [0, 0.05) is 73.3 Å². The van der Waals surface area contributed by atoms with E-state index in [1.54, 1.807) is 22.7 Å². The zero-order valence-corrected chi connectivity index (χ0v) is 65.6. The number of benzene rings is 1. The molecule has 11 aromatic rings.